The van der Waals surface area contributed by atoms with Crippen LogP contribution < -0.4 is 0 Å². The molecule has 0 saturated heterocycles. The molecular formula is C11H14N2O4S. The van der Waals surface area contributed by atoms with Gasteiger partial charge in [-0.3, -0.25) is 0 Å². The number of rotatable bonds is 6. The molecule has 0 aliphatic carbocycles. The molecule has 0 aliphatic heterocycles. The van der Waals surface area contributed by atoms with Gasteiger partial charge >= 0.3 is 5.97 Å². The number of pyridine rings is 1. The summed E-state index contributed by atoms with van der Waals surface area (Å²) >= 11 is 0. The van der Waals surface area contributed by atoms with Crippen LogP contribution in [-0.2, 0) is 10.0 Å². The molecule has 0 aromatic carbocycles. The fourth-order valence-corrected chi connectivity index (χ4v) is 2.66. The molecule has 1 aromatic rings. The smallest absolute Gasteiger partial charge is 0.337 e. The highest BCUT2D eigenvalue weighted by molar-refractivity contribution is 7.89. The minimum atomic E-state index is -3.70. The normalized spacial score (nSPS) is 11.4. The molecule has 0 aliphatic rings. The van der Waals surface area contributed by atoms with Crippen LogP contribution in [0.1, 0.15) is 17.3 Å². The zero-order chi connectivity index (χ0) is 13.8. The lowest BCUT2D eigenvalue weighted by Crippen LogP contribution is -2.31. The van der Waals surface area contributed by atoms with E-state index in [1.807, 2.05) is 0 Å². The molecule has 0 saturated carbocycles. The first-order valence-electron chi connectivity index (χ1n) is 5.23. The number of carbonyl (C=O) groups is 1. The van der Waals surface area contributed by atoms with Crippen LogP contribution in [0.4, 0.5) is 0 Å². The van der Waals surface area contributed by atoms with Crippen LogP contribution in [0, 0.1) is 0 Å². The van der Waals surface area contributed by atoms with Crippen molar-refractivity contribution in [1.29, 1.82) is 0 Å². The van der Waals surface area contributed by atoms with E-state index >= 15 is 0 Å². The molecule has 1 heterocycles. The first kappa shape index (κ1) is 14.3. The molecule has 1 N–H and O–H groups in total. The molecule has 0 fully saturated rings. The second-order valence-electron chi connectivity index (χ2n) is 3.43. The maximum absolute atomic E-state index is 12.1. The third-order valence-electron chi connectivity index (χ3n) is 2.27. The van der Waals surface area contributed by atoms with Gasteiger partial charge in [0.15, 0.2) is 5.03 Å². The molecule has 1 aromatic heterocycles. The summed E-state index contributed by atoms with van der Waals surface area (Å²) in [7, 11) is -3.70. The Morgan fingerprint density at radius 1 is 1.56 bits per heavy atom. The highest BCUT2D eigenvalue weighted by atomic mass is 32.2. The van der Waals surface area contributed by atoms with Gasteiger partial charge in [-0.25, -0.2) is 18.2 Å². The third kappa shape index (κ3) is 2.93. The Kier molecular flexibility index (Phi) is 4.57. The zero-order valence-corrected chi connectivity index (χ0v) is 10.7. The summed E-state index contributed by atoms with van der Waals surface area (Å²) < 4.78 is 25.4. The summed E-state index contributed by atoms with van der Waals surface area (Å²) in [5.74, 6) is -1.15. The molecule has 0 unspecified atom stereocenters. The molecule has 6 nitrogen and oxygen atoms in total. The number of aromatic nitrogens is 1. The van der Waals surface area contributed by atoms with Crippen molar-refractivity contribution in [1.82, 2.24) is 9.29 Å². The molecule has 0 bridgehead atoms. The molecule has 1 rings (SSSR count). The van der Waals surface area contributed by atoms with Crippen molar-refractivity contribution < 1.29 is 18.3 Å². The van der Waals surface area contributed by atoms with Gasteiger partial charge < -0.3 is 5.11 Å². The van der Waals surface area contributed by atoms with Crippen LogP contribution in [0.3, 0.4) is 0 Å². The molecular weight excluding hydrogens is 256 g/mol. The standard InChI is InChI=1S/C11H14N2O4S/c1-3-7-13(4-2)18(16,17)10-6-5-9(8-12-10)11(14)15/h3,5-6,8H,1,4,7H2,2H3,(H,14,15). The van der Waals surface area contributed by atoms with E-state index in [0.29, 0.717) is 0 Å². The van der Waals surface area contributed by atoms with Crippen LogP contribution in [0.25, 0.3) is 0 Å². The summed E-state index contributed by atoms with van der Waals surface area (Å²) in [5, 5.41) is 8.53. The lowest BCUT2D eigenvalue weighted by molar-refractivity contribution is 0.0696. The number of carboxylic acid groups (broad SMARTS) is 1. The topological polar surface area (TPSA) is 87.6 Å². The summed E-state index contributed by atoms with van der Waals surface area (Å²) in [4.78, 5) is 14.3. The second kappa shape index (κ2) is 5.74. The Morgan fingerprint density at radius 3 is 2.61 bits per heavy atom. The lowest BCUT2D eigenvalue weighted by atomic mass is 10.3. The molecule has 0 amide bonds. The summed E-state index contributed by atoms with van der Waals surface area (Å²) in [6.45, 7) is 5.66. The number of nitrogens with zero attached hydrogens (tertiary/aromatic N) is 2. The zero-order valence-electron chi connectivity index (χ0n) is 9.91. The number of sulfonamides is 1. The Balaban J connectivity index is 3.11. The quantitative estimate of drug-likeness (QED) is 0.778. The molecule has 98 valence electrons. The van der Waals surface area contributed by atoms with Crippen LogP contribution in [0.5, 0.6) is 0 Å². The highest BCUT2D eigenvalue weighted by Gasteiger charge is 2.23. The van der Waals surface area contributed by atoms with Crippen molar-refractivity contribution in [3.63, 3.8) is 0 Å². The van der Waals surface area contributed by atoms with Gasteiger partial charge in [0.25, 0.3) is 10.0 Å². The van der Waals surface area contributed by atoms with E-state index in [0.717, 1.165) is 6.20 Å². The van der Waals surface area contributed by atoms with Gasteiger partial charge in [0, 0.05) is 19.3 Å². The Morgan fingerprint density at radius 2 is 2.22 bits per heavy atom. The van der Waals surface area contributed by atoms with Crippen molar-refractivity contribution in [2.24, 2.45) is 0 Å². The van der Waals surface area contributed by atoms with Crippen molar-refractivity contribution in [3.8, 4) is 0 Å². The minimum Gasteiger partial charge on any atom is -0.478 e. The van der Waals surface area contributed by atoms with Gasteiger partial charge in [-0.05, 0) is 12.1 Å². The second-order valence-corrected chi connectivity index (χ2v) is 5.32. The van der Waals surface area contributed by atoms with E-state index in [-0.39, 0.29) is 23.7 Å². The number of aromatic carboxylic acids is 1. The minimum absolute atomic E-state index is 0.0549. The number of likely N-dealkylation sites (N-methyl/N-ethyl adjacent to an activating group) is 1. The van der Waals surface area contributed by atoms with Crippen molar-refractivity contribution in [2.75, 3.05) is 13.1 Å². The Labute approximate surface area is 106 Å². The summed E-state index contributed by atoms with van der Waals surface area (Å²) in [6, 6.07) is 2.40. The highest BCUT2D eigenvalue weighted by Crippen LogP contribution is 2.13. The maximum Gasteiger partial charge on any atom is 0.337 e. The largest absolute Gasteiger partial charge is 0.478 e. The predicted octanol–water partition coefficient (Wildman–Crippen LogP) is 0.976. The average molecular weight is 270 g/mol. The first-order valence-corrected chi connectivity index (χ1v) is 6.68. The Bertz CT molecular complexity index is 537. The average Bonchev–Trinajstić information content (AvgIpc) is 2.35. The number of hydrogen-bond donors (Lipinski definition) is 1. The van der Waals surface area contributed by atoms with E-state index in [1.165, 1.54) is 22.5 Å². The predicted molar refractivity (Wildman–Crippen MR) is 65.8 cm³/mol. The Hall–Kier alpha value is -1.73. The van der Waals surface area contributed by atoms with E-state index in [1.54, 1.807) is 6.92 Å². The summed E-state index contributed by atoms with van der Waals surface area (Å²) in [5.41, 5.74) is -0.0549. The molecule has 0 spiro atoms. The van der Waals surface area contributed by atoms with Gasteiger partial charge in [0.1, 0.15) is 0 Å². The van der Waals surface area contributed by atoms with Crippen LogP contribution >= 0.6 is 0 Å². The van der Waals surface area contributed by atoms with E-state index in [4.69, 9.17) is 5.11 Å². The van der Waals surface area contributed by atoms with Crippen molar-refractivity contribution >= 4 is 16.0 Å². The van der Waals surface area contributed by atoms with Crippen molar-refractivity contribution in [3.05, 3.63) is 36.5 Å². The van der Waals surface area contributed by atoms with Crippen LogP contribution in [-0.4, -0.2) is 41.9 Å². The molecule has 0 radical (unpaired) electrons. The SMILES string of the molecule is C=CCN(CC)S(=O)(=O)c1ccc(C(=O)O)cn1. The number of carboxylic acids is 1. The van der Waals surface area contributed by atoms with Gasteiger partial charge in [0.2, 0.25) is 0 Å². The molecule has 7 heteroatoms. The first-order chi connectivity index (χ1) is 8.43. The third-order valence-corrected chi connectivity index (χ3v) is 4.13. The monoisotopic (exact) mass is 270 g/mol. The number of hydrogen-bond acceptors (Lipinski definition) is 4. The molecule has 0 atom stereocenters. The van der Waals surface area contributed by atoms with Gasteiger partial charge in [-0.1, -0.05) is 13.0 Å². The summed E-state index contributed by atoms with van der Waals surface area (Å²) in [6.07, 6.45) is 2.50. The van der Waals surface area contributed by atoms with Gasteiger partial charge in [-0.2, -0.15) is 4.31 Å². The fourth-order valence-electron chi connectivity index (χ4n) is 1.33. The van der Waals surface area contributed by atoms with Crippen molar-refractivity contribution in [2.45, 2.75) is 11.9 Å². The van der Waals surface area contributed by atoms with E-state index < -0.39 is 16.0 Å². The van der Waals surface area contributed by atoms with Crippen LogP contribution in [0.15, 0.2) is 36.0 Å². The van der Waals surface area contributed by atoms with Crippen LogP contribution in [0.2, 0.25) is 0 Å². The maximum atomic E-state index is 12.1. The van der Waals surface area contributed by atoms with E-state index in [9.17, 15) is 13.2 Å². The van der Waals surface area contributed by atoms with E-state index in [2.05, 4.69) is 11.6 Å². The van der Waals surface area contributed by atoms with Gasteiger partial charge in [-0.15, -0.1) is 6.58 Å². The van der Waals surface area contributed by atoms with Gasteiger partial charge in [0.05, 0.1) is 5.56 Å². The fraction of sp³-hybridized carbons (Fsp3) is 0.273. The molecule has 18 heavy (non-hydrogen) atoms. The lowest BCUT2D eigenvalue weighted by Gasteiger charge is -2.17.